The van der Waals surface area contributed by atoms with Gasteiger partial charge >= 0.3 is 6.09 Å². The van der Waals surface area contributed by atoms with Crippen molar-refractivity contribution in [1.82, 2.24) is 29.1 Å². The molecule has 4 heterocycles. The number of nitrogens with one attached hydrogen (secondary N) is 1. The number of nitrogens with zero attached hydrogens (tertiary/aromatic N) is 8. The van der Waals surface area contributed by atoms with Crippen molar-refractivity contribution in [2.75, 3.05) is 16.0 Å². The number of para-hydroxylation sites is 2. The first-order valence-corrected chi connectivity index (χ1v) is 21.9. The van der Waals surface area contributed by atoms with Gasteiger partial charge < -0.3 is 10.5 Å². The number of hydrogen-bond acceptors (Lipinski definition) is 9. The zero-order chi connectivity index (χ0) is 46.5. The zero-order valence-corrected chi connectivity index (χ0v) is 37.8. The van der Waals surface area contributed by atoms with E-state index in [9.17, 15) is 14.4 Å². The number of alkyl halides is 1. The highest BCUT2D eigenvalue weighted by Crippen LogP contribution is 2.32. The fraction of sp³-hybridized carbons (Fsp3) is 0.100. The lowest BCUT2D eigenvalue weighted by molar-refractivity contribution is 0.0636. The van der Waals surface area contributed by atoms with E-state index in [0.29, 0.717) is 79.2 Å². The fourth-order valence-electron chi connectivity index (χ4n) is 6.50. The molecule has 0 saturated carbocycles. The topological polar surface area (TPSA) is 169 Å². The molecule has 0 saturated heterocycles. The number of halogens is 1. The van der Waals surface area contributed by atoms with Gasteiger partial charge in [-0.3, -0.25) is 24.0 Å². The van der Waals surface area contributed by atoms with Gasteiger partial charge in [0.2, 0.25) is 0 Å². The zero-order valence-electron chi connectivity index (χ0n) is 35.7. The molecule has 8 rings (SSSR count). The van der Waals surface area contributed by atoms with Gasteiger partial charge in [0.1, 0.15) is 5.60 Å². The van der Waals surface area contributed by atoms with E-state index < -0.39 is 11.7 Å². The number of nitrogens with two attached hydrogens (primary N) is 1. The number of amides is 1. The summed E-state index contributed by atoms with van der Waals surface area (Å²) >= 11 is 2.15. The Hall–Kier alpha value is -8.28. The molecule has 0 unspecified atom stereocenters. The Labute approximate surface area is 388 Å². The number of pyridine rings is 2. The maximum atomic E-state index is 13.6. The molecule has 322 valence electrons. The van der Waals surface area contributed by atoms with Gasteiger partial charge in [0, 0.05) is 70.8 Å². The first kappa shape index (κ1) is 46.2. The monoisotopic (exact) mass is 972 g/mol. The highest BCUT2D eigenvalue weighted by molar-refractivity contribution is 14.1. The van der Waals surface area contributed by atoms with Gasteiger partial charge in [0.25, 0.3) is 11.1 Å². The summed E-state index contributed by atoms with van der Waals surface area (Å²) in [6.45, 7) is 20.3. The molecule has 0 aliphatic rings. The summed E-state index contributed by atoms with van der Waals surface area (Å²) < 4.78 is 8.30. The van der Waals surface area contributed by atoms with E-state index in [-0.39, 0.29) is 11.1 Å². The second kappa shape index (κ2) is 21.2. The van der Waals surface area contributed by atoms with Crippen LogP contribution >= 0.6 is 22.6 Å². The van der Waals surface area contributed by atoms with Crippen LogP contribution < -0.4 is 22.2 Å². The molecule has 3 N–H and O–H groups in total. The highest BCUT2D eigenvalue weighted by atomic mass is 127. The van der Waals surface area contributed by atoms with Crippen molar-refractivity contribution in [1.29, 1.82) is 0 Å². The van der Waals surface area contributed by atoms with Gasteiger partial charge in [-0.15, -0.1) is 0 Å². The number of aromatic nitrogens is 6. The van der Waals surface area contributed by atoms with Crippen LogP contribution in [0.5, 0.6) is 0 Å². The molecule has 0 bridgehead atoms. The van der Waals surface area contributed by atoms with Gasteiger partial charge in [-0.05, 0) is 97.5 Å². The normalized spacial score (nSPS) is 10.4. The van der Waals surface area contributed by atoms with E-state index in [4.69, 9.17) is 23.6 Å². The standard InChI is InChI=1S/C27H23N5O3.C22H15N5O.CH3I/c1-27(2,3)35-26(34)31-19-9-7-10-20(16-19)32-17-18(24-29-13-8-14-30-24)15-22(25(32)33)21-11-5-6-12-23(21)28-4;1-24-20-9-3-2-8-18(20)19-12-15(21-25-10-5-11-26-21)14-27(22(19)28)17-7-4-6-16(23)13-17;1-2/h5-17H,1-3H3,(H,31,34);2-14H,23H2;1H3. The maximum absolute atomic E-state index is 13.6. The number of nitrogen functional groups attached to an aromatic ring is 1. The summed E-state index contributed by atoms with van der Waals surface area (Å²) in [7, 11) is 0. The minimum Gasteiger partial charge on any atom is -0.444 e. The molecule has 0 radical (unpaired) electrons. The molecular formula is C50H41IN10O4. The summed E-state index contributed by atoms with van der Waals surface area (Å²) in [5.41, 5.74) is 10.7. The van der Waals surface area contributed by atoms with Crippen molar-refractivity contribution < 1.29 is 9.53 Å². The predicted molar refractivity (Wildman–Crippen MR) is 264 cm³/mol. The Bertz CT molecular complexity index is 3170. The van der Waals surface area contributed by atoms with Gasteiger partial charge in [0.15, 0.2) is 23.0 Å². The van der Waals surface area contributed by atoms with Crippen molar-refractivity contribution in [2.24, 2.45) is 0 Å². The van der Waals surface area contributed by atoms with E-state index >= 15 is 0 Å². The third kappa shape index (κ3) is 11.4. The number of anilines is 2. The molecule has 0 aliphatic heterocycles. The molecule has 14 nitrogen and oxygen atoms in total. The molecule has 4 aromatic carbocycles. The number of hydrogen-bond donors (Lipinski definition) is 2. The first-order valence-electron chi connectivity index (χ1n) is 19.8. The second-order valence-electron chi connectivity index (χ2n) is 14.8. The number of ether oxygens (including phenoxy) is 1. The van der Waals surface area contributed by atoms with E-state index in [2.05, 4.69) is 57.5 Å². The number of benzene rings is 4. The highest BCUT2D eigenvalue weighted by Gasteiger charge is 2.19. The Morgan fingerprint density at radius 2 is 1.06 bits per heavy atom. The summed E-state index contributed by atoms with van der Waals surface area (Å²) in [5.74, 6) is 0.924. The number of carbonyl (C=O) groups excluding carboxylic acids is 1. The van der Waals surface area contributed by atoms with E-state index in [1.165, 1.54) is 9.13 Å². The van der Waals surface area contributed by atoms with Crippen LogP contribution in [0, 0.1) is 13.1 Å². The lowest BCUT2D eigenvalue weighted by Crippen LogP contribution is -2.27. The Balaban J connectivity index is 0.000000212. The summed E-state index contributed by atoms with van der Waals surface area (Å²) in [5, 5.41) is 2.70. The van der Waals surface area contributed by atoms with Crippen molar-refractivity contribution in [3.8, 4) is 56.4 Å². The van der Waals surface area contributed by atoms with Crippen LogP contribution in [0.1, 0.15) is 20.8 Å². The smallest absolute Gasteiger partial charge is 0.412 e. The molecular weight excluding hydrogens is 932 g/mol. The lowest BCUT2D eigenvalue weighted by Gasteiger charge is -2.20. The summed E-state index contributed by atoms with van der Waals surface area (Å²) in [4.78, 5) is 65.5. The first-order chi connectivity index (χ1) is 31.4. The minimum atomic E-state index is -0.645. The van der Waals surface area contributed by atoms with Crippen LogP contribution in [0.2, 0.25) is 0 Å². The SMILES string of the molecule is CI.[C-]#[N+]c1ccccc1-c1cc(-c2ncccn2)cn(-c2cccc(N)c2)c1=O.[C-]#[N+]c1ccccc1-c1cc(-c2ncccn2)cn(-c2cccc(NC(=O)OC(C)(C)C)c2)c1=O. The van der Waals surface area contributed by atoms with Crippen molar-refractivity contribution in [2.45, 2.75) is 26.4 Å². The van der Waals surface area contributed by atoms with Gasteiger partial charge in [-0.1, -0.05) is 83.3 Å². The maximum Gasteiger partial charge on any atom is 0.412 e. The van der Waals surface area contributed by atoms with Gasteiger partial charge in [0.05, 0.1) is 24.5 Å². The van der Waals surface area contributed by atoms with Crippen LogP contribution in [0.4, 0.5) is 27.5 Å². The molecule has 65 heavy (non-hydrogen) atoms. The quantitative estimate of drug-likeness (QED) is 0.0683. The van der Waals surface area contributed by atoms with Crippen LogP contribution in [0.15, 0.2) is 168 Å². The molecule has 15 heteroatoms. The summed E-state index contributed by atoms with van der Waals surface area (Å²) in [6, 6.07) is 34.8. The second-order valence-corrected chi connectivity index (χ2v) is 14.8. The third-order valence-electron chi connectivity index (χ3n) is 9.23. The average molecular weight is 973 g/mol. The molecule has 0 spiro atoms. The van der Waals surface area contributed by atoms with E-state index in [1.54, 1.807) is 179 Å². The van der Waals surface area contributed by atoms with Crippen LogP contribution in [-0.2, 0) is 4.74 Å². The van der Waals surface area contributed by atoms with Crippen LogP contribution in [0.3, 0.4) is 0 Å². The Morgan fingerprint density at radius 1 is 0.615 bits per heavy atom. The number of carbonyl (C=O) groups is 1. The van der Waals surface area contributed by atoms with E-state index in [0.717, 1.165) is 0 Å². The molecule has 1 amide bonds. The third-order valence-corrected chi connectivity index (χ3v) is 9.23. The molecule has 0 atom stereocenters. The lowest BCUT2D eigenvalue weighted by atomic mass is 10.0. The van der Waals surface area contributed by atoms with Crippen LogP contribution in [0.25, 0.3) is 66.1 Å². The van der Waals surface area contributed by atoms with Gasteiger partial charge in [-0.2, -0.15) is 0 Å². The number of rotatable bonds is 7. The molecule has 0 aliphatic carbocycles. The van der Waals surface area contributed by atoms with Crippen molar-refractivity contribution in [3.05, 3.63) is 202 Å². The van der Waals surface area contributed by atoms with Crippen molar-refractivity contribution in [3.63, 3.8) is 0 Å². The predicted octanol–water partition coefficient (Wildman–Crippen LogP) is 11.0. The van der Waals surface area contributed by atoms with Crippen LogP contribution in [-0.4, -0.2) is 45.7 Å². The fourth-order valence-corrected chi connectivity index (χ4v) is 6.50. The Morgan fingerprint density at radius 3 is 1.51 bits per heavy atom. The molecule has 0 fully saturated rings. The van der Waals surface area contributed by atoms with Crippen molar-refractivity contribution >= 4 is 51.4 Å². The molecule has 4 aromatic heterocycles. The largest absolute Gasteiger partial charge is 0.444 e. The summed E-state index contributed by atoms with van der Waals surface area (Å²) in [6.07, 6.45) is 9.27. The average Bonchev–Trinajstić information content (AvgIpc) is 3.32. The molecule has 8 aromatic rings. The van der Waals surface area contributed by atoms with E-state index in [1.807, 2.05) is 4.93 Å². The van der Waals surface area contributed by atoms with Gasteiger partial charge in [-0.25, -0.2) is 34.4 Å². The minimum absolute atomic E-state index is 0.249. The Kier molecular flexibility index (Phi) is 15.1.